The zero-order valence-corrected chi connectivity index (χ0v) is 18.8. The number of carbonyl (C=O) groups is 1. The van der Waals surface area contributed by atoms with E-state index >= 15 is 0 Å². The van der Waals surface area contributed by atoms with Gasteiger partial charge in [-0.15, -0.1) is 0 Å². The number of amides is 1. The highest BCUT2D eigenvalue weighted by Crippen LogP contribution is 2.39. The highest BCUT2D eigenvalue weighted by Gasteiger charge is 2.30. The summed E-state index contributed by atoms with van der Waals surface area (Å²) in [7, 11) is 3.62. The Kier molecular flexibility index (Phi) is 7.90. The normalized spacial score (nSPS) is 11.9. The van der Waals surface area contributed by atoms with Gasteiger partial charge in [-0.25, -0.2) is 14.4 Å². The number of benzene rings is 2. The second kappa shape index (κ2) is 10.7. The molecule has 3 rings (SSSR count). The van der Waals surface area contributed by atoms with Gasteiger partial charge in [0, 0.05) is 12.6 Å². The number of hydrogen-bond acceptors (Lipinski definition) is 6. The van der Waals surface area contributed by atoms with Crippen LogP contribution in [0.4, 0.5) is 34.8 Å². The van der Waals surface area contributed by atoms with Crippen LogP contribution in [0, 0.1) is 5.82 Å². The second-order valence-electron chi connectivity index (χ2n) is 7.34. The van der Waals surface area contributed by atoms with Crippen LogP contribution in [-0.2, 0) is 4.79 Å². The standard InChI is InChI=1S/C22H20ClF4N5O2/c1-32(2)10-4-7-17(33)30-16-9-8-14-18(20(16)34-11-22(25,26)27)21(29-12-28-14)31-15-6-3-5-13(23)19(15)24/h3-9,12H,10-11H2,1-2H3,(H,30,33)(H,28,29,31)/b7-4+. The molecule has 34 heavy (non-hydrogen) atoms. The molecule has 0 radical (unpaired) electrons. The maximum Gasteiger partial charge on any atom is 0.422 e. The van der Waals surface area contributed by atoms with Crippen molar-refractivity contribution in [3.05, 3.63) is 59.7 Å². The molecule has 1 amide bonds. The summed E-state index contributed by atoms with van der Waals surface area (Å²) in [5, 5.41) is 5.08. The molecule has 0 fully saturated rings. The number of nitrogens with zero attached hydrogens (tertiary/aromatic N) is 3. The Hall–Kier alpha value is -3.44. The van der Waals surface area contributed by atoms with Crippen molar-refractivity contribution in [2.45, 2.75) is 6.18 Å². The van der Waals surface area contributed by atoms with Crippen LogP contribution in [0.1, 0.15) is 0 Å². The Morgan fingerprint density at radius 3 is 2.65 bits per heavy atom. The number of aromatic nitrogens is 2. The smallest absolute Gasteiger partial charge is 0.422 e. The Morgan fingerprint density at radius 2 is 1.94 bits per heavy atom. The summed E-state index contributed by atoms with van der Waals surface area (Å²) in [6.07, 6.45) is -0.662. The predicted octanol–water partition coefficient (Wildman–Crippen LogP) is 5.16. The Balaban J connectivity index is 2.07. The first kappa shape index (κ1) is 25.2. The van der Waals surface area contributed by atoms with Crippen molar-refractivity contribution in [3.63, 3.8) is 0 Å². The van der Waals surface area contributed by atoms with Crippen molar-refractivity contribution in [2.75, 3.05) is 37.9 Å². The van der Waals surface area contributed by atoms with Gasteiger partial charge in [-0.3, -0.25) is 4.79 Å². The van der Waals surface area contributed by atoms with Crippen LogP contribution >= 0.6 is 11.6 Å². The van der Waals surface area contributed by atoms with E-state index in [-0.39, 0.29) is 38.9 Å². The lowest BCUT2D eigenvalue weighted by molar-refractivity contribution is -0.153. The first-order chi connectivity index (χ1) is 16.0. The van der Waals surface area contributed by atoms with Gasteiger partial charge in [-0.1, -0.05) is 23.7 Å². The van der Waals surface area contributed by atoms with Crippen LogP contribution in [0.25, 0.3) is 10.9 Å². The molecular weight excluding hydrogens is 478 g/mol. The van der Waals surface area contributed by atoms with E-state index in [0.717, 1.165) is 6.33 Å². The largest absolute Gasteiger partial charge is 0.481 e. The third-order valence-electron chi connectivity index (χ3n) is 4.34. The fourth-order valence-corrected chi connectivity index (χ4v) is 3.07. The number of rotatable bonds is 8. The van der Waals surface area contributed by atoms with E-state index in [9.17, 15) is 22.4 Å². The first-order valence-corrected chi connectivity index (χ1v) is 10.2. The molecule has 0 aliphatic heterocycles. The number of anilines is 3. The Bertz CT molecular complexity index is 1220. The van der Waals surface area contributed by atoms with E-state index in [0.29, 0.717) is 6.54 Å². The SMILES string of the molecule is CN(C)C/C=C/C(=O)Nc1ccc2ncnc(Nc3cccc(Cl)c3F)c2c1OCC(F)(F)F. The highest BCUT2D eigenvalue weighted by atomic mass is 35.5. The summed E-state index contributed by atoms with van der Waals surface area (Å²) in [4.78, 5) is 22.3. The molecule has 0 aliphatic rings. The number of halogens is 5. The van der Waals surface area contributed by atoms with Crippen molar-refractivity contribution >= 4 is 45.6 Å². The average molecular weight is 498 g/mol. The number of carbonyl (C=O) groups excluding carboxylic acids is 1. The molecule has 0 saturated heterocycles. The molecule has 180 valence electrons. The molecular formula is C22H20ClF4N5O2. The lowest BCUT2D eigenvalue weighted by Gasteiger charge is -2.18. The molecule has 0 spiro atoms. The number of hydrogen-bond donors (Lipinski definition) is 2. The lowest BCUT2D eigenvalue weighted by Crippen LogP contribution is -2.20. The molecule has 7 nitrogen and oxygen atoms in total. The molecule has 2 aromatic carbocycles. The number of fused-ring (bicyclic) bond motifs is 1. The van der Waals surface area contributed by atoms with Gasteiger partial charge >= 0.3 is 6.18 Å². The van der Waals surface area contributed by atoms with Gasteiger partial charge in [0.2, 0.25) is 5.91 Å². The zero-order valence-electron chi connectivity index (χ0n) is 18.1. The van der Waals surface area contributed by atoms with Gasteiger partial charge in [-0.05, 0) is 38.4 Å². The minimum atomic E-state index is -4.66. The van der Waals surface area contributed by atoms with E-state index in [1.165, 1.54) is 36.4 Å². The third-order valence-corrected chi connectivity index (χ3v) is 4.63. The molecule has 0 aliphatic carbocycles. The molecule has 12 heteroatoms. The van der Waals surface area contributed by atoms with Gasteiger partial charge < -0.3 is 20.3 Å². The van der Waals surface area contributed by atoms with Gasteiger partial charge in [0.25, 0.3) is 0 Å². The van der Waals surface area contributed by atoms with Crippen molar-refractivity contribution < 1.29 is 27.1 Å². The van der Waals surface area contributed by atoms with E-state index in [4.69, 9.17) is 16.3 Å². The van der Waals surface area contributed by atoms with Crippen molar-refractivity contribution in [1.82, 2.24) is 14.9 Å². The van der Waals surface area contributed by atoms with Gasteiger partial charge in [-0.2, -0.15) is 13.2 Å². The average Bonchev–Trinajstić information content (AvgIpc) is 2.75. The van der Waals surface area contributed by atoms with Crippen LogP contribution < -0.4 is 15.4 Å². The number of ether oxygens (including phenoxy) is 1. The van der Waals surface area contributed by atoms with Crippen molar-refractivity contribution in [3.8, 4) is 5.75 Å². The van der Waals surface area contributed by atoms with E-state index in [2.05, 4.69) is 20.6 Å². The molecule has 3 aromatic rings. The summed E-state index contributed by atoms with van der Waals surface area (Å²) in [5.74, 6) is -1.72. The monoisotopic (exact) mass is 497 g/mol. The maximum atomic E-state index is 14.4. The van der Waals surface area contributed by atoms with Crippen LogP contribution in [0.3, 0.4) is 0 Å². The zero-order chi connectivity index (χ0) is 24.9. The van der Waals surface area contributed by atoms with E-state index < -0.39 is 24.5 Å². The summed E-state index contributed by atoms with van der Waals surface area (Å²) >= 11 is 5.82. The van der Waals surface area contributed by atoms with Crippen LogP contribution in [0.15, 0.2) is 48.8 Å². The summed E-state index contributed by atoms with van der Waals surface area (Å²) in [5.41, 5.74) is 0.106. The quantitative estimate of drug-likeness (QED) is 0.330. The third kappa shape index (κ3) is 6.55. The van der Waals surface area contributed by atoms with Crippen molar-refractivity contribution in [1.29, 1.82) is 0 Å². The van der Waals surface area contributed by atoms with Crippen LogP contribution in [0.2, 0.25) is 5.02 Å². The summed E-state index contributed by atoms with van der Waals surface area (Å²) in [6, 6.07) is 7.05. The van der Waals surface area contributed by atoms with Gasteiger partial charge in [0.05, 0.1) is 27.3 Å². The molecule has 2 N–H and O–H groups in total. The molecule has 0 bridgehead atoms. The topological polar surface area (TPSA) is 79.4 Å². The number of likely N-dealkylation sites (N-methyl/N-ethyl adjacent to an activating group) is 1. The summed E-state index contributed by atoms with van der Waals surface area (Å²) < 4.78 is 58.5. The molecule has 1 aromatic heterocycles. The van der Waals surface area contributed by atoms with Crippen LogP contribution in [0.5, 0.6) is 5.75 Å². The Labute approximate surface area is 197 Å². The first-order valence-electron chi connectivity index (χ1n) is 9.85. The fourth-order valence-electron chi connectivity index (χ4n) is 2.89. The highest BCUT2D eigenvalue weighted by molar-refractivity contribution is 6.31. The molecule has 0 atom stereocenters. The minimum absolute atomic E-state index is 0.0150. The van der Waals surface area contributed by atoms with Gasteiger partial charge in [0.1, 0.15) is 12.1 Å². The summed E-state index contributed by atoms with van der Waals surface area (Å²) in [6.45, 7) is -1.15. The number of alkyl halides is 3. The minimum Gasteiger partial charge on any atom is -0.481 e. The lowest BCUT2D eigenvalue weighted by atomic mass is 10.1. The van der Waals surface area contributed by atoms with E-state index in [1.807, 2.05) is 19.0 Å². The van der Waals surface area contributed by atoms with Crippen LogP contribution in [-0.4, -0.2) is 54.2 Å². The molecule has 1 heterocycles. The van der Waals surface area contributed by atoms with E-state index in [1.54, 1.807) is 6.08 Å². The molecule has 0 unspecified atom stereocenters. The molecule has 0 saturated carbocycles. The predicted molar refractivity (Wildman–Crippen MR) is 122 cm³/mol. The van der Waals surface area contributed by atoms with Gasteiger partial charge in [0.15, 0.2) is 18.2 Å². The van der Waals surface area contributed by atoms with Crippen molar-refractivity contribution in [2.24, 2.45) is 0 Å². The number of nitrogens with one attached hydrogen (secondary N) is 2. The fraction of sp³-hybridized carbons (Fsp3) is 0.227. The second-order valence-corrected chi connectivity index (χ2v) is 7.75. The maximum absolute atomic E-state index is 14.4. The Morgan fingerprint density at radius 1 is 1.18 bits per heavy atom.